The fourth-order valence-electron chi connectivity index (χ4n) is 1.65. The number of hydrogen-bond acceptors (Lipinski definition) is 4. The van der Waals surface area contributed by atoms with Crippen LogP contribution in [0.3, 0.4) is 0 Å². The molecule has 0 radical (unpaired) electrons. The molecule has 6 nitrogen and oxygen atoms in total. The van der Waals surface area contributed by atoms with Gasteiger partial charge in [0, 0.05) is 5.69 Å². The summed E-state index contributed by atoms with van der Waals surface area (Å²) in [5.74, 6) is 0.0504. The van der Waals surface area contributed by atoms with Crippen LogP contribution in [0.25, 0.3) is 0 Å². The van der Waals surface area contributed by atoms with E-state index < -0.39 is 5.91 Å². The van der Waals surface area contributed by atoms with E-state index in [9.17, 15) is 4.79 Å². The highest BCUT2D eigenvalue weighted by molar-refractivity contribution is 7.80. The maximum atomic E-state index is 10.6. The van der Waals surface area contributed by atoms with Crippen LogP contribution in [0.15, 0.2) is 59.7 Å². The fraction of sp³-hybridized carbons (Fsp3) is 0.0625. The van der Waals surface area contributed by atoms with Gasteiger partial charge >= 0.3 is 0 Å². The van der Waals surface area contributed by atoms with Crippen LogP contribution in [0.5, 0.6) is 5.75 Å². The van der Waals surface area contributed by atoms with Gasteiger partial charge in [0.15, 0.2) is 11.7 Å². The van der Waals surface area contributed by atoms with Crippen LogP contribution in [-0.2, 0) is 4.79 Å². The molecule has 118 valence electrons. The molecule has 0 atom stereocenters. The zero-order valence-corrected chi connectivity index (χ0v) is 13.0. The molecule has 0 aliphatic rings. The molecule has 0 fully saturated rings. The van der Waals surface area contributed by atoms with Crippen LogP contribution < -0.4 is 21.2 Å². The lowest BCUT2D eigenvalue weighted by atomic mass is 10.2. The lowest BCUT2D eigenvalue weighted by Gasteiger charge is -2.06. The number of hydrazone groups is 1. The third-order valence-electron chi connectivity index (χ3n) is 2.67. The zero-order valence-electron chi connectivity index (χ0n) is 12.2. The topological polar surface area (TPSA) is 88.7 Å². The molecule has 0 spiro atoms. The minimum absolute atomic E-state index is 0.144. The van der Waals surface area contributed by atoms with E-state index in [4.69, 9.17) is 22.7 Å². The predicted octanol–water partition coefficient (Wildman–Crippen LogP) is 1.87. The van der Waals surface area contributed by atoms with Crippen LogP contribution in [0, 0.1) is 0 Å². The first-order valence-corrected chi connectivity index (χ1v) is 7.20. The van der Waals surface area contributed by atoms with Crippen molar-refractivity contribution in [2.24, 2.45) is 10.8 Å². The number of benzene rings is 2. The Bertz CT molecular complexity index is 687. The number of thiocarbonyl (C=S) groups is 1. The van der Waals surface area contributed by atoms with Gasteiger partial charge in [-0.15, -0.1) is 0 Å². The van der Waals surface area contributed by atoms with Crippen LogP contribution in [0.4, 0.5) is 5.69 Å². The highest BCUT2D eigenvalue weighted by Gasteiger charge is 1.97. The third kappa shape index (κ3) is 6.15. The van der Waals surface area contributed by atoms with Crippen LogP contribution in [-0.4, -0.2) is 23.8 Å². The number of amides is 1. The molecule has 0 aliphatic heterocycles. The Kier molecular flexibility index (Phi) is 6.07. The number of anilines is 1. The highest BCUT2D eigenvalue weighted by Crippen LogP contribution is 2.10. The molecular weight excluding hydrogens is 312 g/mol. The number of carbonyl (C=O) groups is 1. The van der Waals surface area contributed by atoms with Crippen molar-refractivity contribution in [3.63, 3.8) is 0 Å². The number of nitrogens with two attached hydrogens (primary N) is 1. The number of para-hydroxylation sites is 1. The van der Waals surface area contributed by atoms with E-state index in [0.29, 0.717) is 10.9 Å². The van der Waals surface area contributed by atoms with Gasteiger partial charge in [0.25, 0.3) is 5.91 Å². The third-order valence-corrected chi connectivity index (χ3v) is 2.87. The SMILES string of the molecule is NC(=O)COc1ccc(/C=N\NC(=S)Nc2ccccc2)cc1. The predicted molar refractivity (Wildman–Crippen MR) is 94.5 cm³/mol. The quantitative estimate of drug-likeness (QED) is 0.428. The molecule has 0 saturated heterocycles. The van der Waals surface area contributed by atoms with Crippen LogP contribution in [0.2, 0.25) is 0 Å². The highest BCUT2D eigenvalue weighted by atomic mass is 32.1. The van der Waals surface area contributed by atoms with Gasteiger partial charge in [-0.05, 0) is 54.2 Å². The van der Waals surface area contributed by atoms with Gasteiger partial charge in [-0.1, -0.05) is 18.2 Å². The summed E-state index contributed by atoms with van der Waals surface area (Å²) < 4.78 is 5.17. The molecule has 0 heterocycles. The minimum Gasteiger partial charge on any atom is -0.484 e. The van der Waals surface area contributed by atoms with Crippen molar-refractivity contribution >= 4 is 35.1 Å². The molecule has 0 aliphatic carbocycles. The van der Waals surface area contributed by atoms with Crippen molar-refractivity contribution in [1.29, 1.82) is 0 Å². The fourth-order valence-corrected chi connectivity index (χ4v) is 1.82. The maximum absolute atomic E-state index is 10.6. The van der Waals surface area contributed by atoms with E-state index in [0.717, 1.165) is 11.3 Å². The molecule has 7 heteroatoms. The molecule has 4 N–H and O–H groups in total. The Balaban J connectivity index is 1.81. The smallest absolute Gasteiger partial charge is 0.255 e. The number of rotatable bonds is 6. The summed E-state index contributed by atoms with van der Waals surface area (Å²) in [7, 11) is 0. The normalized spacial score (nSPS) is 10.3. The van der Waals surface area contributed by atoms with Crippen molar-refractivity contribution in [1.82, 2.24) is 5.43 Å². The average Bonchev–Trinajstić information content (AvgIpc) is 2.55. The van der Waals surface area contributed by atoms with E-state index >= 15 is 0 Å². The Morgan fingerprint density at radius 2 is 1.87 bits per heavy atom. The van der Waals surface area contributed by atoms with E-state index in [2.05, 4.69) is 15.8 Å². The largest absolute Gasteiger partial charge is 0.484 e. The van der Waals surface area contributed by atoms with Crippen molar-refractivity contribution in [3.8, 4) is 5.75 Å². The molecule has 0 saturated carbocycles. The Hall–Kier alpha value is -2.93. The van der Waals surface area contributed by atoms with Gasteiger partial charge in [0.05, 0.1) is 6.21 Å². The first kappa shape index (κ1) is 16.4. The molecule has 0 bridgehead atoms. The van der Waals surface area contributed by atoms with E-state index in [1.165, 1.54) is 0 Å². The summed E-state index contributed by atoms with van der Waals surface area (Å²) >= 11 is 5.13. The van der Waals surface area contributed by atoms with Crippen LogP contribution in [0.1, 0.15) is 5.56 Å². The molecule has 0 unspecified atom stereocenters. The minimum atomic E-state index is -0.515. The summed E-state index contributed by atoms with van der Waals surface area (Å²) in [6.45, 7) is -0.144. The van der Waals surface area contributed by atoms with Gasteiger partial charge in [0.2, 0.25) is 0 Å². The molecule has 23 heavy (non-hydrogen) atoms. The monoisotopic (exact) mass is 328 g/mol. The van der Waals surface area contributed by atoms with E-state index in [-0.39, 0.29) is 6.61 Å². The van der Waals surface area contributed by atoms with Crippen LogP contribution >= 0.6 is 12.2 Å². The first-order valence-electron chi connectivity index (χ1n) is 6.80. The lowest BCUT2D eigenvalue weighted by Crippen LogP contribution is -2.23. The maximum Gasteiger partial charge on any atom is 0.255 e. The van der Waals surface area contributed by atoms with Gasteiger partial charge in [-0.2, -0.15) is 5.10 Å². The zero-order chi connectivity index (χ0) is 16.5. The van der Waals surface area contributed by atoms with Gasteiger partial charge in [-0.3, -0.25) is 10.2 Å². The standard InChI is InChI=1S/C16H16N4O2S/c17-15(21)11-22-14-8-6-12(7-9-14)10-18-20-16(23)19-13-4-2-1-3-5-13/h1-10H,11H2,(H2,17,21)(H2,19,20,23)/b18-10-. The summed E-state index contributed by atoms with van der Waals surface area (Å²) in [4.78, 5) is 10.6. The summed E-state index contributed by atoms with van der Waals surface area (Å²) in [5.41, 5.74) is 9.48. The number of primary amides is 1. The van der Waals surface area contributed by atoms with Gasteiger partial charge < -0.3 is 15.8 Å². The Labute approximate surface area is 139 Å². The number of hydrogen-bond donors (Lipinski definition) is 3. The molecule has 0 aromatic heterocycles. The summed E-state index contributed by atoms with van der Waals surface area (Å²) in [6, 6.07) is 16.6. The van der Waals surface area contributed by atoms with E-state index in [1.807, 2.05) is 30.3 Å². The van der Waals surface area contributed by atoms with Gasteiger partial charge in [0.1, 0.15) is 5.75 Å². The molecule has 2 aromatic rings. The summed E-state index contributed by atoms with van der Waals surface area (Å²) in [5, 5.41) is 7.45. The number of nitrogens with zero attached hydrogens (tertiary/aromatic N) is 1. The molecule has 2 rings (SSSR count). The van der Waals surface area contributed by atoms with Crippen molar-refractivity contribution in [2.75, 3.05) is 11.9 Å². The van der Waals surface area contributed by atoms with Crippen molar-refractivity contribution < 1.29 is 9.53 Å². The number of nitrogens with one attached hydrogen (secondary N) is 2. The Morgan fingerprint density at radius 3 is 2.52 bits per heavy atom. The second kappa shape index (κ2) is 8.50. The summed E-state index contributed by atoms with van der Waals surface area (Å²) in [6.07, 6.45) is 1.62. The number of ether oxygens (including phenoxy) is 1. The Morgan fingerprint density at radius 1 is 1.17 bits per heavy atom. The van der Waals surface area contributed by atoms with Gasteiger partial charge in [-0.25, -0.2) is 0 Å². The second-order valence-electron chi connectivity index (χ2n) is 4.51. The first-order chi connectivity index (χ1) is 11.1. The van der Waals surface area contributed by atoms with Crippen molar-refractivity contribution in [3.05, 3.63) is 60.2 Å². The lowest BCUT2D eigenvalue weighted by molar-refractivity contribution is -0.119. The second-order valence-corrected chi connectivity index (χ2v) is 4.92. The molecular formula is C16H16N4O2S. The molecule has 2 aromatic carbocycles. The number of carbonyl (C=O) groups excluding carboxylic acids is 1. The molecule has 1 amide bonds. The van der Waals surface area contributed by atoms with E-state index in [1.54, 1.807) is 30.5 Å². The average molecular weight is 328 g/mol. The van der Waals surface area contributed by atoms with Crippen molar-refractivity contribution in [2.45, 2.75) is 0 Å².